The van der Waals surface area contributed by atoms with Gasteiger partial charge in [0.25, 0.3) is 5.91 Å². The Bertz CT molecular complexity index is 479. The van der Waals surface area contributed by atoms with Crippen molar-refractivity contribution in [3.63, 3.8) is 0 Å². The lowest BCUT2D eigenvalue weighted by Crippen LogP contribution is -2.41. The van der Waals surface area contributed by atoms with Gasteiger partial charge in [0, 0.05) is 12.6 Å². The van der Waals surface area contributed by atoms with E-state index in [0.717, 1.165) is 0 Å². The van der Waals surface area contributed by atoms with Crippen molar-refractivity contribution in [2.75, 3.05) is 31.8 Å². The van der Waals surface area contributed by atoms with Gasteiger partial charge >= 0.3 is 0 Å². The second-order valence-electron chi connectivity index (χ2n) is 3.60. The normalized spacial score (nSPS) is 15.5. The predicted octanol–water partition coefficient (Wildman–Crippen LogP) is 0.930. The SMILES string of the molecule is COc1cc(C#N)ccc1N1CCOCC1=O. The zero-order valence-corrected chi connectivity index (χ0v) is 9.47. The zero-order chi connectivity index (χ0) is 12.3. The number of morpholine rings is 1. The number of hydrogen-bond acceptors (Lipinski definition) is 4. The highest BCUT2D eigenvalue weighted by molar-refractivity contribution is 5.96. The summed E-state index contributed by atoms with van der Waals surface area (Å²) in [4.78, 5) is 13.3. The Balaban J connectivity index is 2.37. The number of amides is 1. The van der Waals surface area contributed by atoms with Crippen molar-refractivity contribution in [1.29, 1.82) is 5.26 Å². The van der Waals surface area contributed by atoms with E-state index in [2.05, 4.69) is 0 Å². The molecule has 0 saturated carbocycles. The molecule has 1 heterocycles. The minimum absolute atomic E-state index is 0.0865. The molecule has 1 aliphatic rings. The predicted molar refractivity (Wildman–Crippen MR) is 60.9 cm³/mol. The van der Waals surface area contributed by atoms with Crippen molar-refractivity contribution in [2.24, 2.45) is 0 Å². The highest BCUT2D eigenvalue weighted by Gasteiger charge is 2.23. The highest BCUT2D eigenvalue weighted by Crippen LogP contribution is 2.30. The first kappa shape index (κ1) is 11.4. The van der Waals surface area contributed by atoms with Crippen LogP contribution < -0.4 is 9.64 Å². The number of rotatable bonds is 2. The molecule has 0 bridgehead atoms. The molecule has 0 radical (unpaired) electrons. The molecule has 0 aliphatic carbocycles. The molecule has 5 nitrogen and oxygen atoms in total. The fourth-order valence-corrected chi connectivity index (χ4v) is 1.74. The summed E-state index contributed by atoms with van der Waals surface area (Å²) in [6.45, 7) is 1.10. The maximum absolute atomic E-state index is 11.7. The second kappa shape index (κ2) is 4.85. The van der Waals surface area contributed by atoms with Gasteiger partial charge in [-0.3, -0.25) is 4.79 Å². The van der Waals surface area contributed by atoms with Gasteiger partial charge in [-0.15, -0.1) is 0 Å². The Labute approximate surface area is 99.2 Å². The summed E-state index contributed by atoms with van der Waals surface area (Å²) in [7, 11) is 1.52. The van der Waals surface area contributed by atoms with Crippen LogP contribution in [-0.2, 0) is 9.53 Å². The minimum Gasteiger partial charge on any atom is -0.495 e. The first-order valence-corrected chi connectivity index (χ1v) is 5.22. The Morgan fingerprint density at radius 2 is 2.35 bits per heavy atom. The van der Waals surface area contributed by atoms with Crippen molar-refractivity contribution in [1.82, 2.24) is 0 Å². The number of carbonyl (C=O) groups is 1. The monoisotopic (exact) mass is 232 g/mol. The lowest BCUT2D eigenvalue weighted by atomic mass is 10.2. The molecule has 1 saturated heterocycles. The van der Waals surface area contributed by atoms with E-state index in [0.29, 0.717) is 30.2 Å². The summed E-state index contributed by atoms with van der Waals surface area (Å²) < 4.78 is 10.3. The van der Waals surface area contributed by atoms with Crippen LogP contribution in [0, 0.1) is 11.3 Å². The summed E-state index contributed by atoms with van der Waals surface area (Å²) in [5.74, 6) is 0.429. The van der Waals surface area contributed by atoms with E-state index in [1.54, 1.807) is 23.1 Å². The third-order valence-electron chi connectivity index (χ3n) is 2.59. The van der Waals surface area contributed by atoms with Crippen molar-refractivity contribution in [3.05, 3.63) is 23.8 Å². The number of nitrogens with zero attached hydrogens (tertiary/aromatic N) is 2. The molecule has 1 amide bonds. The van der Waals surface area contributed by atoms with Gasteiger partial charge in [-0.05, 0) is 12.1 Å². The molecule has 0 atom stereocenters. The van der Waals surface area contributed by atoms with Crippen LogP contribution in [0.1, 0.15) is 5.56 Å². The van der Waals surface area contributed by atoms with E-state index in [1.807, 2.05) is 6.07 Å². The molecule has 1 aromatic rings. The molecular formula is C12H12N2O3. The summed E-state index contributed by atoms with van der Waals surface area (Å²) in [6, 6.07) is 7.05. The van der Waals surface area contributed by atoms with Crippen molar-refractivity contribution in [3.8, 4) is 11.8 Å². The van der Waals surface area contributed by atoms with Crippen LogP contribution in [0.5, 0.6) is 5.75 Å². The number of hydrogen-bond donors (Lipinski definition) is 0. The van der Waals surface area contributed by atoms with E-state index in [-0.39, 0.29) is 12.5 Å². The molecule has 0 N–H and O–H groups in total. The molecule has 0 unspecified atom stereocenters. The fraction of sp³-hybridized carbons (Fsp3) is 0.333. The topological polar surface area (TPSA) is 62.6 Å². The molecule has 1 aliphatic heterocycles. The number of anilines is 1. The number of ether oxygens (including phenoxy) is 2. The Kier molecular flexibility index (Phi) is 3.26. The first-order chi connectivity index (χ1) is 8.26. The van der Waals surface area contributed by atoms with Gasteiger partial charge in [0.15, 0.2) is 0 Å². The van der Waals surface area contributed by atoms with Crippen LogP contribution in [0.4, 0.5) is 5.69 Å². The molecule has 1 aromatic carbocycles. The first-order valence-electron chi connectivity index (χ1n) is 5.22. The van der Waals surface area contributed by atoms with Crippen LogP contribution in [-0.4, -0.2) is 32.8 Å². The zero-order valence-electron chi connectivity index (χ0n) is 9.47. The van der Waals surface area contributed by atoms with Gasteiger partial charge in [0.05, 0.1) is 31.0 Å². The third-order valence-corrected chi connectivity index (χ3v) is 2.59. The minimum atomic E-state index is -0.0979. The Morgan fingerprint density at radius 3 is 3.00 bits per heavy atom. The van der Waals surface area contributed by atoms with Gasteiger partial charge in [-0.1, -0.05) is 0 Å². The standard InChI is InChI=1S/C12H12N2O3/c1-16-11-6-9(7-13)2-3-10(11)14-4-5-17-8-12(14)15/h2-3,6H,4-5,8H2,1H3. The van der Waals surface area contributed by atoms with E-state index < -0.39 is 0 Å². The number of nitriles is 1. The molecule has 0 aromatic heterocycles. The van der Waals surface area contributed by atoms with Gasteiger partial charge in [-0.2, -0.15) is 5.26 Å². The fourth-order valence-electron chi connectivity index (χ4n) is 1.74. The van der Waals surface area contributed by atoms with Crippen molar-refractivity contribution in [2.45, 2.75) is 0 Å². The average molecular weight is 232 g/mol. The van der Waals surface area contributed by atoms with E-state index >= 15 is 0 Å². The molecule has 88 valence electrons. The smallest absolute Gasteiger partial charge is 0.253 e. The average Bonchev–Trinajstić information content (AvgIpc) is 2.38. The highest BCUT2D eigenvalue weighted by atomic mass is 16.5. The van der Waals surface area contributed by atoms with Gasteiger partial charge < -0.3 is 14.4 Å². The van der Waals surface area contributed by atoms with Crippen molar-refractivity contribution < 1.29 is 14.3 Å². The lowest BCUT2D eigenvalue weighted by molar-refractivity contribution is -0.125. The largest absolute Gasteiger partial charge is 0.495 e. The van der Waals surface area contributed by atoms with Crippen LogP contribution in [0.25, 0.3) is 0 Å². The molecule has 1 fully saturated rings. The molecule has 5 heteroatoms. The number of carbonyl (C=O) groups excluding carboxylic acids is 1. The van der Waals surface area contributed by atoms with E-state index in [1.165, 1.54) is 7.11 Å². The molecular weight excluding hydrogens is 220 g/mol. The van der Waals surface area contributed by atoms with Gasteiger partial charge in [0.2, 0.25) is 0 Å². The lowest BCUT2D eigenvalue weighted by Gasteiger charge is -2.28. The number of methoxy groups -OCH3 is 1. The summed E-state index contributed by atoms with van der Waals surface area (Å²) in [6.07, 6.45) is 0. The maximum atomic E-state index is 11.7. The van der Waals surface area contributed by atoms with Gasteiger partial charge in [-0.25, -0.2) is 0 Å². The van der Waals surface area contributed by atoms with Crippen LogP contribution in [0.2, 0.25) is 0 Å². The second-order valence-corrected chi connectivity index (χ2v) is 3.60. The van der Waals surface area contributed by atoms with E-state index in [4.69, 9.17) is 14.7 Å². The van der Waals surface area contributed by atoms with Crippen molar-refractivity contribution >= 4 is 11.6 Å². The van der Waals surface area contributed by atoms with Gasteiger partial charge in [0.1, 0.15) is 12.4 Å². The molecule has 2 rings (SSSR count). The molecule has 0 spiro atoms. The Morgan fingerprint density at radius 1 is 1.53 bits per heavy atom. The third kappa shape index (κ3) is 2.22. The Hall–Kier alpha value is -2.06. The van der Waals surface area contributed by atoms with E-state index in [9.17, 15) is 4.79 Å². The summed E-state index contributed by atoms with van der Waals surface area (Å²) in [5.41, 5.74) is 1.19. The summed E-state index contributed by atoms with van der Waals surface area (Å²) in [5, 5.41) is 8.80. The maximum Gasteiger partial charge on any atom is 0.253 e. The summed E-state index contributed by atoms with van der Waals surface area (Å²) >= 11 is 0. The van der Waals surface area contributed by atoms with Crippen LogP contribution in [0.3, 0.4) is 0 Å². The molecule has 17 heavy (non-hydrogen) atoms. The van der Waals surface area contributed by atoms with Crippen LogP contribution in [0.15, 0.2) is 18.2 Å². The number of benzene rings is 1. The quantitative estimate of drug-likeness (QED) is 0.761. The van der Waals surface area contributed by atoms with Crippen LogP contribution >= 0.6 is 0 Å².